The molecule has 1 aromatic heterocycles. The summed E-state index contributed by atoms with van der Waals surface area (Å²) in [5, 5.41) is 9.24. The van der Waals surface area contributed by atoms with Crippen LogP contribution in [0.2, 0.25) is 0 Å². The van der Waals surface area contributed by atoms with Gasteiger partial charge in [0.15, 0.2) is 0 Å². The van der Waals surface area contributed by atoms with E-state index < -0.39 is 23.2 Å². The van der Waals surface area contributed by atoms with Gasteiger partial charge in [0, 0.05) is 40.6 Å². The van der Waals surface area contributed by atoms with Gasteiger partial charge in [-0.25, -0.2) is 13.6 Å². The molecular weight excluding hydrogens is 646 g/mol. The van der Waals surface area contributed by atoms with Gasteiger partial charge in [0.1, 0.15) is 28.7 Å². The molecule has 0 unspecified atom stereocenters. The summed E-state index contributed by atoms with van der Waals surface area (Å²) in [6.07, 6.45) is 8.26. The number of aromatic carboxylic acids is 1. The van der Waals surface area contributed by atoms with E-state index in [9.17, 15) is 18.7 Å². The van der Waals surface area contributed by atoms with Crippen LogP contribution in [-0.4, -0.2) is 27.9 Å². The maximum absolute atomic E-state index is 14.7. The van der Waals surface area contributed by atoms with E-state index in [2.05, 4.69) is 36.1 Å². The van der Waals surface area contributed by atoms with Crippen molar-refractivity contribution in [1.29, 1.82) is 0 Å². The van der Waals surface area contributed by atoms with E-state index in [1.807, 2.05) is 105 Å². The Hall–Kier alpha value is -5.37. The second kappa shape index (κ2) is 17.0. The first-order valence-corrected chi connectivity index (χ1v) is 17.6. The van der Waals surface area contributed by atoms with Gasteiger partial charge in [-0.3, -0.25) is 0 Å². The van der Waals surface area contributed by atoms with Gasteiger partial charge < -0.3 is 24.0 Å². The predicted molar refractivity (Wildman–Crippen MR) is 202 cm³/mol. The summed E-state index contributed by atoms with van der Waals surface area (Å²) >= 11 is 0. The van der Waals surface area contributed by atoms with Crippen molar-refractivity contribution in [1.82, 2.24) is 4.57 Å². The fourth-order valence-corrected chi connectivity index (χ4v) is 6.01. The maximum Gasteiger partial charge on any atom is 0.341 e. The highest BCUT2D eigenvalue weighted by Crippen LogP contribution is 2.37. The van der Waals surface area contributed by atoms with E-state index in [1.165, 1.54) is 0 Å². The number of benzene rings is 4. The number of unbranched alkanes of at least 4 members (excludes halogenated alkanes) is 3. The molecule has 4 aromatic carbocycles. The summed E-state index contributed by atoms with van der Waals surface area (Å²) in [5.74, 6) is -2.21. The Morgan fingerprint density at radius 3 is 1.71 bits per heavy atom. The number of carboxylic acids is 1. The molecule has 6 nitrogen and oxygen atoms in total. The lowest BCUT2D eigenvalue weighted by molar-refractivity contribution is 0.0686. The van der Waals surface area contributed by atoms with Gasteiger partial charge >= 0.3 is 5.97 Å². The van der Waals surface area contributed by atoms with E-state index in [4.69, 9.17) is 9.47 Å². The summed E-state index contributed by atoms with van der Waals surface area (Å²) in [5.41, 5.74) is 4.75. The van der Waals surface area contributed by atoms with Gasteiger partial charge in [0.05, 0.1) is 12.2 Å². The quantitative estimate of drug-likeness (QED) is 0.104. The van der Waals surface area contributed by atoms with Crippen molar-refractivity contribution < 1.29 is 28.2 Å². The van der Waals surface area contributed by atoms with Crippen LogP contribution in [0.4, 0.5) is 25.8 Å². The summed E-state index contributed by atoms with van der Waals surface area (Å²) in [4.78, 5) is 13.5. The lowest BCUT2D eigenvalue weighted by atomic mass is 10.1. The van der Waals surface area contributed by atoms with Crippen LogP contribution in [-0.2, 0) is 6.54 Å². The van der Waals surface area contributed by atoms with Crippen LogP contribution in [0.1, 0.15) is 81.9 Å². The Bertz CT molecular complexity index is 1850. The monoisotopic (exact) mass is 692 g/mol. The van der Waals surface area contributed by atoms with Gasteiger partial charge in [0.2, 0.25) is 0 Å². The molecule has 0 amide bonds. The molecule has 0 aliphatic rings. The number of ether oxygens (including phenoxy) is 2. The molecule has 0 saturated carbocycles. The minimum Gasteiger partial charge on any atom is -0.491 e. The summed E-state index contributed by atoms with van der Waals surface area (Å²) in [6, 6.07) is 30.3. The van der Waals surface area contributed by atoms with E-state index in [-0.39, 0.29) is 12.2 Å². The Labute approximate surface area is 299 Å². The van der Waals surface area contributed by atoms with Crippen LogP contribution in [0.15, 0.2) is 97.1 Å². The number of halogens is 2. The zero-order chi connectivity index (χ0) is 36.5. The fraction of sp³-hybridized carbons (Fsp3) is 0.279. The number of aromatic nitrogens is 1. The molecule has 0 atom stereocenters. The Morgan fingerprint density at radius 2 is 1.24 bits per heavy atom. The summed E-state index contributed by atoms with van der Waals surface area (Å²) < 4.78 is 43.2. The molecule has 5 aromatic rings. The molecule has 1 heterocycles. The molecule has 5 rings (SSSR count). The fourth-order valence-electron chi connectivity index (χ4n) is 6.01. The number of anilines is 3. The van der Waals surface area contributed by atoms with Crippen molar-refractivity contribution >= 4 is 35.2 Å². The van der Waals surface area contributed by atoms with E-state index in [1.54, 1.807) is 0 Å². The van der Waals surface area contributed by atoms with E-state index >= 15 is 0 Å². The number of carboxylic acid groups (broad SMARTS) is 1. The SMILES string of the molecule is CCCCCCn1c(/C=C/c2ccc(N(c3ccc(OC(C)C)cc3)c3ccc(OC(C)C)cc3)cc2)ccc1-c1cc(F)c(C(=O)O)c(F)c1. The van der Waals surface area contributed by atoms with Gasteiger partial charge in [-0.1, -0.05) is 44.4 Å². The third kappa shape index (κ3) is 9.45. The minimum atomic E-state index is -1.63. The molecule has 0 fully saturated rings. The summed E-state index contributed by atoms with van der Waals surface area (Å²) in [7, 11) is 0. The molecule has 0 saturated heterocycles. The number of hydrogen-bond acceptors (Lipinski definition) is 4. The first-order chi connectivity index (χ1) is 24.5. The Morgan fingerprint density at radius 1 is 0.725 bits per heavy atom. The van der Waals surface area contributed by atoms with Crippen LogP contribution in [0.25, 0.3) is 23.4 Å². The molecule has 51 heavy (non-hydrogen) atoms. The molecule has 0 spiro atoms. The van der Waals surface area contributed by atoms with E-state index in [0.717, 1.165) is 77.6 Å². The highest BCUT2D eigenvalue weighted by atomic mass is 19.1. The number of hydrogen-bond donors (Lipinski definition) is 1. The van der Waals surface area contributed by atoms with Crippen LogP contribution in [0.3, 0.4) is 0 Å². The highest BCUT2D eigenvalue weighted by molar-refractivity contribution is 5.89. The van der Waals surface area contributed by atoms with Crippen molar-refractivity contribution in [3.8, 4) is 22.8 Å². The smallest absolute Gasteiger partial charge is 0.341 e. The second-order valence-corrected chi connectivity index (χ2v) is 13.1. The van der Waals surface area contributed by atoms with Gasteiger partial charge in [0.25, 0.3) is 0 Å². The molecular formula is C43H46F2N2O4. The van der Waals surface area contributed by atoms with E-state index in [0.29, 0.717) is 17.8 Å². The van der Waals surface area contributed by atoms with Gasteiger partial charge in [-0.05, 0) is 131 Å². The van der Waals surface area contributed by atoms with Crippen molar-refractivity contribution in [2.45, 2.75) is 79.1 Å². The summed E-state index contributed by atoms with van der Waals surface area (Å²) in [6.45, 7) is 10.8. The average Bonchev–Trinajstić information content (AvgIpc) is 3.49. The van der Waals surface area contributed by atoms with Gasteiger partial charge in [-0.2, -0.15) is 0 Å². The minimum absolute atomic E-state index is 0.0768. The maximum atomic E-state index is 14.7. The third-order valence-electron chi connectivity index (χ3n) is 8.33. The zero-order valence-corrected chi connectivity index (χ0v) is 29.9. The third-order valence-corrected chi connectivity index (χ3v) is 8.33. The molecule has 266 valence electrons. The molecule has 0 radical (unpaired) electrons. The Kier molecular flexibility index (Phi) is 12.3. The number of rotatable bonds is 16. The number of carbonyl (C=O) groups is 1. The second-order valence-electron chi connectivity index (χ2n) is 13.1. The molecule has 0 aliphatic heterocycles. The Balaban J connectivity index is 1.44. The van der Waals surface area contributed by atoms with Crippen molar-refractivity contribution in [2.75, 3.05) is 4.90 Å². The van der Waals surface area contributed by atoms with Crippen LogP contribution < -0.4 is 14.4 Å². The normalized spacial score (nSPS) is 11.5. The number of nitrogens with zero attached hydrogens (tertiary/aromatic N) is 2. The van der Waals surface area contributed by atoms with Crippen molar-refractivity contribution in [2.24, 2.45) is 0 Å². The molecule has 8 heteroatoms. The standard InChI is InChI=1S/C43H46F2N2O4/c1-6-7-8-9-26-46-33(20-25-41(46)32-27-39(44)42(43(48)49)40(45)28-32)13-10-31-11-14-34(15-12-31)47(35-16-21-37(22-17-35)50-29(2)3)36-18-23-38(24-19-36)51-30(4)5/h10-25,27-30H,6-9,26H2,1-5H3,(H,48,49)/b13-10+. The van der Waals surface area contributed by atoms with Crippen LogP contribution >= 0.6 is 0 Å². The topological polar surface area (TPSA) is 63.9 Å². The van der Waals surface area contributed by atoms with Crippen molar-refractivity contribution in [3.63, 3.8) is 0 Å². The predicted octanol–water partition coefficient (Wildman–Crippen LogP) is 11.9. The van der Waals surface area contributed by atoms with Crippen LogP contribution in [0, 0.1) is 11.6 Å². The lowest BCUT2D eigenvalue weighted by Crippen LogP contribution is -2.11. The van der Waals surface area contributed by atoms with Crippen LogP contribution in [0.5, 0.6) is 11.5 Å². The molecule has 1 N–H and O–H groups in total. The lowest BCUT2D eigenvalue weighted by Gasteiger charge is -2.26. The first-order valence-electron chi connectivity index (χ1n) is 17.6. The van der Waals surface area contributed by atoms with Crippen molar-refractivity contribution in [3.05, 3.63) is 126 Å². The van der Waals surface area contributed by atoms with Gasteiger partial charge in [-0.15, -0.1) is 0 Å². The first kappa shape index (κ1) is 36.9. The zero-order valence-electron chi connectivity index (χ0n) is 29.9. The largest absolute Gasteiger partial charge is 0.491 e. The highest BCUT2D eigenvalue weighted by Gasteiger charge is 2.20. The average molecular weight is 693 g/mol. The molecule has 0 aliphatic carbocycles. The molecule has 0 bridgehead atoms.